The number of aromatic nitrogens is 2. The first-order valence-electron chi connectivity index (χ1n) is 7.92. The van der Waals surface area contributed by atoms with Crippen molar-refractivity contribution in [2.75, 3.05) is 0 Å². The molecule has 118 valence electrons. The molecule has 1 heterocycles. The third kappa shape index (κ3) is 2.86. The van der Waals surface area contributed by atoms with Gasteiger partial charge in [0.2, 0.25) is 5.91 Å². The van der Waals surface area contributed by atoms with Gasteiger partial charge in [-0.3, -0.25) is 4.79 Å². The number of para-hydroxylation sites is 2. The van der Waals surface area contributed by atoms with Crippen LogP contribution in [0, 0.1) is 0 Å². The van der Waals surface area contributed by atoms with E-state index in [4.69, 9.17) is 0 Å². The Kier molecular flexibility index (Phi) is 3.91. The molecule has 1 fully saturated rings. The van der Waals surface area contributed by atoms with Crippen molar-refractivity contribution in [1.82, 2.24) is 14.9 Å². The molecule has 0 saturated heterocycles. The molecule has 1 unspecified atom stereocenters. The molecule has 1 atom stereocenters. The molecule has 1 aromatic heterocycles. The van der Waals surface area contributed by atoms with Gasteiger partial charge in [-0.05, 0) is 31.9 Å². The fourth-order valence-electron chi connectivity index (χ4n) is 3.42. The summed E-state index contributed by atoms with van der Waals surface area (Å²) < 4.78 is 2.00. The minimum absolute atomic E-state index is 0.107. The average Bonchev–Trinajstić information content (AvgIpc) is 3.03. The normalized spacial score (nSPS) is 18.5. The van der Waals surface area contributed by atoms with Gasteiger partial charge in [-0.1, -0.05) is 25.0 Å². The van der Waals surface area contributed by atoms with Gasteiger partial charge in [0.15, 0.2) is 0 Å². The molecule has 0 bridgehead atoms. The van der Waals surface area contributed by atoms with E-state index in [1.807, 2.05) is 42.8 Å². The van der Waals surface area contributed by atoms with Crippen molar-refractivity contribution in [2.24, 2.45) is 7.05 Å². The first-order chi connectivity index (χ1) is 10.5. The molecule has 0 radical (unpaired) electrons. The fourth-order valence-corrected chi connectivity index (χ4v) is 3.42. The Hall–Kier alpha value is -1.88. The molecule has 5 heteroatoms. The Labute approximate surface area is 130 Å². The maximum Gasteiger partial charge on any atom is 0.223 e. The van der Waals surface area contributed by atoms with Crippen molar-refractivity contribution in [3.05, 3.63) is 30.1 Å². The molecule has 2 N–H and O–H groups in total. The molecule has 22 heavy (non-hydrogen) atoms. The smallest absolute Gasteiger partial charge is 0.223 e. The van der Waals surface area contributed by atoms with E-state index in [2.05, 4.69) is 10.3 Å². The molecule has 5 nitrogen and oxygen atoms in total. The van der Waals surface area contributed by atoms with Gasteiger partial charge in [-0.25, -0.2) is 4.98 Å². The molecular weight excluding hydrogens is 278 g/mol. The second-order valence-electron chi connectivity index (χ2n) is 6.42. The summed E-state index contributed by atoms with van der Waals surface area (Å²) in [6.45, 7) is 1.93. The lowest BCUT2D eigenvalue weighted by atomic mass is 9.97. The van der Waals surface area contributed by atoms with Crippen molar-refractivity contribution in [2.45, 2.75) is 50.7 Å². The number of hydrogen-bond acceptors (Lipinski definition) is 3. The summed E-state index contributed by atoms with van der Waals surface area (Å²) in [5.74, 6) is 0.719. The first kappa shape index (κ1) is 15.0. The Morgan fingerprint density at radius 2 is 2.09 bits per heavy atom. The van der Waals surface area contributed by atoms with E-state index in [0.29, 0.717) is 0 Å². The Morgan fingerprint density at radius 3 is 2.77 bits per heavy atom. The van der Waals surface area contributed by atoms with E-state index in [0.717, 1.165) is 42.5 Å². The number of amides is 1. The van der Waals surface area contributed by atoms with Crippen LogP contribution in [-0.4, -0.2) is 26.2 Å². The van der Waals surface area contributed by atoms with Crippen LogP contribution >= 0.6 is 0 Å². The van der Waals surface area contributed by atoms with Crippen LogP contribution in [0.25, 0.3) is 11.0 Å². The number of carbonyl (C=O) groups is 1. The number of aliphatic hydroxyl groups is 1. The highest BCUT2D eigenvalue weighted by molar-refractivity contribution is 5.78. The lowest BCUT2D eigenvalue weighted by Gasteiger charge is -2.22. The summed E-state index contributed by atoms with van der Waals surface area (Å²) >= 11 is 0. The van der Waals surface area contributed by atoms with Crippen molar-refractivity contribution in [1.29, 1.82) is 0 Å². The van der Waals surface area contributed by atoms with Crippen LogP contribution in [0.15, 0.2) is 24.3 Å². The number of hydrogen-bond donors (Lipinski definition) is 2. The summed E-state index contributed by atoms with van der Waals surface area (Å²) in [5, 5.41) is 13.3. The molecule has 0 spiro atoms. The topological polar surface area (TPSA) is 67.2 Å². The number of aryl methyl sites for hydroxylation is 1. The Bertz CT molecular complexity index is 686. The monoisotopic (exact) mass is 301 g/mol. The number of benzene rings is 1. The highest BCUT2D eigenvalue weighted by Gasteiger charge is 2.33. The maximum absolute atomic E-state index is 12.2. The van der Waals surface area contributed by atoms with Crippen molar-refractivity contribution >= 4 is 16.9 Å². The molecule has 1 amide bonds. The number of nitrogens with one attached hydrogen (secondary N) is 1. The van der Waals surface area contributed by atoms with E-state index in [-0.39, 0.29) is 18.4 Å². The largest absolute Gasteiger partial charge is 0.389 e. The lowest BCUT2D eigenvalue weighted by Crippen LogP contribution is -2.36. The van der Waals surface area contributed by atoms with Crippen LogP contribution in [0.3, 0.4) is 0 Å². The lowest BCUT2D eigenvalue weighted by molar-refractivity contribution is -0.126. The zero-order chi connectivity index (χ0) is 15.7. The van der Waals surface area contributed by atoms with Crippen LogP contribution in [0.1, 0.15) is 50.9 Å². The minimum Gasteiger partial charge on any atom is -0.389 e. The Morgan fingerprint density at radius 1 is 1.41 bits per heavy atom. The van der Waals surface area contributed by atoms with Gasteiger partial charge in [0.05, 0.1) is 29.1 Å². The summed E-state index contributed by atoms with van der Waals surface area (Å²) in [5.41, 5.74) is 1.17. The third-order valence-corrected chi connectivity index (χ3v) is 4.61. The summed E-state index contributed by atoms with van der Waals surface area (Å²) in [4.78, 5) is 16.8. The van der Waals surface area contributed by atoms with Gasteiger partial charge in [-0.15, -0.1) is 0 Å². The molecule has 1 aliphatic rings. The average molecular weight is 301 g/mol. The fraction of sp³-hybridized carbons (Fsp3) is 0.529. The van der Waals surface area contributed by atoms with Crippen LogP contribution in [0.5, 0.6) is 0 Å². The molecule has 1 aliphatic carbocycles. The highest BCUT2D eigenvalue weighted by atomic mass is 16.3. The standard InChI is InChI=1S/C17H23N3O2/c1-12(18-15(21)11-17(22)9-5-6-10-17)16-19-13-7-3-4-8-14(13)20(16)2/h3-4,7-8,12,22H,5-6,9-11H2,1-2H3,(H,18,21). The number of rotatable bonds is 4. The van der Waals surface area contributed by atoms with Gasteiger partial charge < -0.3 is 15.0 Å². The predicted molar refractivity (Wildman–Crippen MR) is 85.3 cm³/mol. The van der Waals surface area contributed by atoms with Gasteiger partial charge in [0.25, 0.3) is 0 Å². The van der Waals surface area contributed by atoms with Gasteiger partial charge >= 0.3 is 0 Å². The first-order valence-corrected chi connectivity index (χ1v) is 7.92. The molecular formula is C17H23N3O2. The number of imidazole rings is 1. The van der Waals surface area contributed by atoms with Crippen LogP contribution < -0.4 is 5.32 Å². The highest BCUT2D eigenvalue weighted by Crippen LogP contribution is 2.32. The Balaban J connectivity index is 1.71. The number of carbonyl (C=O) groups excluding carboxylic acids is 1. The van der Waals surface area contributed by atoms with E-state index >= 15 is 0 Å². The van der Waals surface area contributed by atoms with Crippen molar-refractivity contribution in [3.8, 4) is 0 Å². The van der Waals surface area contributed by atoms with Crippen LogP contribution in [0.4, 0.5) is 0 Å². The predicted octanol–water partition coefficient (Wildman–Crippen LogP) is 2.45. The molecule has 0 aliphatic heterocycles. The van der Waals surface area contributed by atoms with Crippen molar-refractivity contribution < 1.29 is 9.90 Å². The second kappa shape index (κ2) is 5.72. The minimum atomic E-state index is -0.809. The van der Waals surface area contributed by atoms with Gasteiger partial charge in [0.1, 0.15) is 5.82 Å². The quantitative estimate of drug-likeness (QED) is 0.911. The molecule has 1 saturated carbocycles. The SMILES string of the molecule is CC(NC(=O)CC1(O)CCCC1)c1nc2ccccc2n1C. The van der Waals surface area contributed by atoms with Gasteiger partial charge in [0, 0.05) is 7.05 Å². The molecule has 1 aromatic carbocycles. The van der Waals surface area contributed by atoms with E-state index in [9.17, 15) is 9.90 Å². The second-order valence-corrected chi connectivity index (χ2v) is 6.42. The molecule has 2 aromatic rings. The maximum atomic E-state index is 12.2. The summed E-state index contributed by atoms with van der Waals surface area (Å²) in [7, 11) is 1.96. The number of nitrogens with zero attached hydrogens (tertiary/aromatic N) is 2. The zero-order valence-electron chi connectivity index (χ0n) is 13.2. The zero-order valence-corrected chi connectivity index (χ0v) is 13.2. The van der Waals surface area contributed by atoms with Crippen LogP contribution in [-0.2, 0) is 11.8 Å². The summed E-state index contributed by atoms with van der Waals surface area (Å²) in [6.07, 6.45) is 3.64. The molecule has 3 rings (SSSR count). The van der Waals surface area contributed by atoms with E-state index in [1.165, 1.54) is 0 Å². The number of fused-ring (bicyclic) bond motifs is 1. The summed E-state index contributed by atoms with van der Waals surface area (Å²) in [6, 6.07) is 7.73. The van der Waals surface area contributed by atoms with Gasteiger partial charge in [-0.2, -0.15) is 0 Å². The van der Waals surface area contributed by atoms with E-state index in [1.54, 1.807) is 0 Å². The van der Waals surface area contributed by atoms with Crippen LogP contribution in [0.2, 0.25) is 0 Å². The van der Waals surface area contributed by atoms with Crippen molar-refractivity contribution in [3.63, 3.8) is 0 Å². The third-order valence-electron chi connectivity index (χ3n) is 4.61. The van der Waals surface area contributed by atoms with E-state index < -0.39 is 5.60 Å².